The van der Waals surface area contributed by atoms with Crippen molar-refractivity contribution in [2.24, 2.45) is 0 Å². The van der Waals surface area contributed by atoms with E-state index < -0.39 is 0 Å². The van der Waals surface area contributed by atoms with Gasteiger partial charge in [0.15, 0.2) is 5.13 Å². The minimum absolute atomic E-state index is 0.635. The third kappa shape index (κ3) is 2.09. The molecule has 0 fully saturated rings. The summed E-state index contributed by atoms with van der Waals surface area (Å²) in [6, 6.07) is 8.14. The lowest BCUT2D eigenvalue weighted by Gasteiger charge is -1.96. The maximum Gasteiger partial charge on any atom is 0.184 e. The van der Waals surface area contributed by atoms with Gasteiger partial charge in [-0.2, -0.15) is 0 Å². The van der Waals surface area contributed by atoms with Crippen molar-refractivity contribution in [2.75, 3.05) is 5.32 Å². The van der Waals surface area contributed by atoms with Gasteiger partial charge in [0.2, 0.25) is 0 Å². The van der Waals surface area contributed by atoms with E-state index in [2.05, 4.69) is 40.6 Å². The second kappa shape index (κ2) is 4.42. The molecule has 0 aliphatic rings. The summed E-state index contributed by atoms with van der Waals surface area (Å²) in [5.74, 6) is 0.826. The summed E-state index contributed by atoms with van der Waals surface area (Å²) < 4.78 is 6.23. The van der Waals surface area contributed by atoms with Crippen LogP contribution in [0.3, 0.4) is 0 Å². The smallest absolute Gasteiger partial charge is 0.184 e. The van der Waals surface area contributed by atoms with Crippen molar-refractivity contribution in [1.29, 1.82) is 0 Å². The monoisotopic (exact) mass is 259 g/mol. The molecule has 0 amide bonds. The van der Waals surface area contributed by atoms with Crippen LogP contribution in [-0.4, -0.2) is 10.1 Å². The molecule has 4 nitrogen and oxygen atoms in total. The molecule has 3 aromatic rings. The molecule has 3 rings (SSSR count). The number of para-hydroxylation sites is 1. The maximum absolute atomic E-state index is 5.02. The van der Waals surface area contributed by atoms with Crippen LogP contribution < -0.4 is 5.32 Å². The summed E-state index contributed by atoms with van der Waals surface area (Å²) in [5, 5.41) is 8.13. The Kier molecular flexibility index (Phi) is 2.76. The third-order valence-corrected chi connectivity index (χ3v) is 3.70. The Bertz CT molecular complexity index is 686. The zero-order chi connectivity index (χ0) is 12.5. The minimum atomic E-state index is 0.635. The molecule has 1 aromatic carbocycles. The van der Waals surface area contributed by atoms with E-state index in [1.165, 1.54) is 10.3 Å². The van der Waals surface area contributed by atoms with Gasteiger partial charge in [-0.15, -0.1) is 0 Å². The SMILES string of the molecule is Cc1cc(CNc2nc3c(C)cccc3s2)no1. The molecule has 92 valence electrons. The van der Waals surface area contributed by atoms with Crippen molar-refractivity contribution in [3.63, 3.8) is 0 Å². The van der Waals surface area contributed by atoms with Gasteiger partial charge < -0.3 is 9.84 Å². The Morgan fingerprint density at radius 2 is 2.22 bits per heavy atom. The van der Waals surface area contributed by atoms with Gasteiger partial charge in [0.25, 0.3) is 0 Å². The highest BCUT2D eigenvalue weighted by molar-refractivity contribution is 7.22. The van der Waals surface area contributed by atoms with Gasteiger partial charge in [-0.05, 0) is 25.5 Å². The average molecular weight is 259 g/mol. The van der Waals surface area contributed by atoms with Crippen LogP contribution in [0.4, 0.5) is 5.13 Å². The first-order valence-corrected chi connectivity index (χ1v) is 6.56. The largest absolute Gasteiger partial charge is 0.361 e. The Labute approximate surface area is 109 Å². The van der Waals surface area contributed by atoms with Gasteiger partial charge >= 0.3 is 0 Å². The summed E-state index contributed by atoms with van der Waals surface area (Å²) in [4.78, 5) is 4.58. The fourth-order valence-corrected chi connectivity index (χ4v) is 2.77. The lowest BCUT2D eigenvalue weighted by molar-refractivity contribution is 0.391. The summed E-state index contributed by atoms with van der Waals surface area (Å²) >= 11 is 1.66. The standard InChI is InChI=1S/C13H13N3OS/c1-8-4-3-5-11-12(8)15-13(18-11)14-7-10-6-9(2)17-16-10/h3-6H,7H2,1-2H3,(H,14,15). The summed E-state index contributed by atoms with van der Waals surface area (Å²) in [5.41, 5.74) is 3.17. The number of nitrogens with zero attached hydrogens (tertiary/aromatic N) is 2. The highest BCUT2D eigenvalue weighted by atomic mass is 32.1. The number of thiazole rings is 1. The second-order valence-corrected chi connectivity index (χ2v) is 5.25. The lowest BCUT2D eigenvalue weighted by atomic mass is 10.2. The first-order chi connectivity index (χ1) is 8.72. The van der Waals surface area contributed by atoms with Crippen LogP contribution in [0.5, 0.6) is 0 Å². The molecular formula is C13H13N3OS. The average Bonchev–Trinajstić information content (AvgIpc) is 2.93. The molecule has 0 aliphatic heterocycles. The van der Waals surface area contributed by atoms with E-state index in [9.17, 15) is 0 Å². The molecular weight excluding hydrogens is 246 g/mol. The highest BCUT2D eigenvalue weighted by Gasteiger charge is 2.06. The van der Waals surface area contributed by atoms with Crippen molar-refractivity contribution < 1.29 is 4.52 Å². The quantitative estimate of drug-likeness (QED) is 0.782. The number of hydrogen-bond acceptors (Lipinski definition) is 5. The van der Waals surface area contributed by atoms with Crippen LogP contribution in [0.25, 0.3) is 10.2 Å². The predicted octanol–water partition coefficient (Wildman–Crippen LogP) is 3.51. The summed E-state index contributed by atoms with van der Waals surface area (Å²) in [7, 11) is 0. The molecule has 0 bridgehead atoms. The number of aryl methyl sites for hydroxylation is 2. The summed E-state index contributed by atoms with van der Waals surface area (Å²) in [6.45, 7) is 4.60. The van der Waals surface area contributed by atoms with Crippen LogP contribution in [0.2, 0.25) is 0 Å². The number of rotatable bonds is 3. The molecule has 0 saturated carbocycles. The van der Waals surface area contributed by atoms with Gasteiger partial charge in [-0.25, -0.2) is 4.98 Å². The van der Waals surface area contributed by atoms with Gasteiger partial charge in [0.1, 0.15) is 11.5 Å². The van der Waals surface area contributed by atoms with E-state index in [0.717, 1.165) is 22.1 Å². The third-order valence-electron chi connectivity index (χ3n) is 2.72. The Hall–Kier alpha value is -1.88. The molecule has 2 heterocycles. The van der Waals surface area contributed by atoms with E-state index in [0.29, 0.717) is 6.54 Å². The lowest BCUT2D eigenvalue weighted by Crippen LogP contribution is -1.98. The van der Waals surface area contributed by atoms with E-state index in [1.807, 2.05) is 13.0 Å². The number of anilines is 1. The van der Waals surface area contributed by atoms with Gasteiger partial charge in [-0.1, -0.05) is 28.6 Å². The predicted molar refractivity (Wildman–Crippen MR) is 72.9 cm³/mol. The minimum Gasteiger partial charge on any atom is -0.361 e. The number of fused-ring (bicyclic) bond motifs is 1. The Morgan fingerprint density at radius 3 is 2.94 bits per heavy atom. The van der Waals surface area contributed by atoms with Crippen LogP contribution in [0.1, 0.15) is 17.0 Å². The molecule has 18 heavy (non-hydrogen) atoms. The molecule has 0 spiro atoms. The first kappa shape index (κ1) is 11.2. The van der Waals surface area contributed by atoms with Crippen molar-refractivity contribution >= 4 is 26.7 Å². The molecule has 0 unspecified atom stereocenters. The Morgan fingerprint density at radius 1 is 1.33 bits per heavy atom. The highest BCUT2D eigenvalue weighted by Crippen LogP contribution is 2.28. The molecule has 0 radical (unpaired) electrons. The van der Waals surface area contributed by atoms with E-state index in [-0.39, 0.29) is 0 Å². The normalized spacial score (nSPS) is 11.0. The molecule has 2 aromatic heterocycles. The van der Waals surface area contributed by atoms with Crippen molar-refractivity contribution in [1.82, 2.24) is 10.1 Å². The maximum atomic E-state index is 5.02. The Balaban J connectivity index is 1.81. The van der Waals surface area contributed by atoms with Crippen molar-refractivity contribution in [3.05, 3.63) is 41.3 Å². The molecule has 1 N–H and O–H groups in total. The zero-order valence-corrected chi connectivity index (χ0v) is 11.0. The van der Waals surface area contributed by atoms with Crippen LogP contribution >= 0.6 is 11.3 Å². The topological polar surface area (TPSA) is 51.0 Å². The van der Waals surface area contributed by atoms with Gasteiger partial charge in [0, 0.05) is 6.07 Å². The van der Waals surface area contributed by atoms with Gasteiger partial charge in [-0.3, -0.25) is 0 Å². The van der Waals surface area contributed by atoms with Crippen molar-refractivity contribution in [2.45, 2.75) is 20.4 Å². The number of benzene rings is 1. The number of hydrogen-bond donors (Lipinski definition) is 1. The molecule has 0 aliphatic carbocycles. The zero-order valence-electron chi connectivity index (χ0n) is 10.2. The first-order valence-electron chi connectivity index (χ1n) is 5.74. The van der Waals surface area contributed by atoms with Crippen LogP contribution in [-0.2, 0) is 6.54 Å². The molecule has 0 atom stereocenters. The molecule has 0 saturated heterocycles. The van der Waals surface area contributed by atoms with E-state index in [1.54, 1.807) is 11.3 Å². The number of nitrogens with one attached hydrogen (secondary N) is 1. The fourth-order valence-electron chi connectivity index (χ4n) is 1.83. The van der Waals surface area contributed by atoms with Crippen LogP contribution in [0.15, 0.2) is 28.8 Å². The van der Waals surface area contributed by atoms with E-state index >= 15 is 0 Å². The van der Waals surface area contributed by atoms with Crippen LogP contribution in [0, 0.1) is 13.8 Å². The fraction of sp³-hybridized carbons (Fsp3) is 0.231. The van der Waals surface area contributed by atoms with E-state index in [4.69, 9.17) is 4.52 Å². The van der Waals surface area contributed by atoms with Crippen molar-refractivity contribution in [3.8, 4) is 0 Å². The molecule has 5 heteroatoms. The van der Waals surface area contributed by atoms with Gasteiger partial charge in [0.05, 0.1) is 16.8 Å². The second-order valence-electron chi connectivity index (χ2n) is 4.22. The number of aromatic nitrogens is 2. The summed E-state index contributed by atoms with van der Waals surface area (Å²) in [6.07, 6.45) is 0.